The molecule has 1 saturated heterocycles. The Hall–Kier alpha value is -1.37. The summed E-state index contributed by atoms with van der Waals surface area (Å²) in [7, 11) is -5.19. The fourth-order valence-electron chi connectivity index (χ4n) is 4.67. The van der Waals surface area contributed by atoms with E-state index >= 15 is 0 Å². The highest BCUT2D eigenvalue weighted by Gasteiger charge is 2.53. The van der Waals surface area contributed by atoms with Gasteiger partial charge in [0.1, 0.15) is 24.4 Å². The second kappa shape index (κ2) is 10.8. The van der Waals surface area contributed by atoms with Gasteiger partial charge in [0.15, 0.2) is 14.6 Å². The highest BCUT2D eigenvalue weighted by atomic mass is 28.4. The maximum absolute atomic E-state index is 11.1. The molecule has 0 aromatic heterocycles. The molecule has 5 atom stereocenters. The maximum Gasteiger partial charge on any atom is 0.261 e. The second-order valence-electron chi connectivity index (χ2n) is 12.4. The number of aliphatic hydroxyl groups is 3. The van der Waals surface area contributed by atoms with Crippen molar-refractivity contribution in [2.75, 3.05) is 6.61 Å². The van der Waals surface area contributed by atoms with Gasteiger partial charge in [-0.2, -0.15) is 0 Å². The van der Waals surface area contributed by atoms with Crippen molar-refractivity contribution in [3.63, 3.8) is 0 Å². The third kappa shape index (κ3) is 5.71. The standard InChI is InChI=1S/C28H44O6Si2/c1-27(2,3)35(7,8)34-25-24(30)23(29)22(33-26(25)31)19-32-36(28(4,5)6,20-15-11-9-12-16-20)21-17-13-10-14-18-21/h9-18,22-26,29-31H,19H2,1-8H3/t22-,23+,24+,25-,26-/m1/s1. The zero-order valence-corrected chi connectivity index (χ0v) is 24.9. The van der Waals surface area contributed by atoms with Crippen LogP contribution in [-0.4, -0.2) is 69.3 Å². The number of aliphatic hydroxyl groups excluding tert-OH is 3. The second-order valence-corrected chi connectivity index (χ2v) is 21.4. The predicted molar refractivity (Wildman–Crippen MR) is 149 cm³/mol. The third-order valence-electron chi connectivity index (χ3n) is 7.78. The molecule has 0 amide bonds. The molecule has 0 saturated carbocycles. The van der Waals surface area contributed by atoms with Crippen LogP contribution in [0.2, 0.25) is 23.2 Å². The van der Waals surface area contributed by atoms with Gasteiger partial charge in [-0.3, -0.25) is 0 Å². The molecule has 200 valence electrons. The molecule has 3 N–H and O–H groups in total. The summed E-state index contributed by atoms with van der Waals surface area (Å²) >= 11 is 0. The lowest BCUT2D eigenvalue weighted by atomic mass is 9.99. The van der Waals surface area contributed by atoms with Crippen molar-refractivity contribution in [1.82, 2.24) is 0 Å². The molecule has 1 aliphatic rings. The number of ether oxygens (including phenoxy) is 1. The summed E-state index contributed by atoms with van der Waals surface area (Å²) in [4.78, 5) is 0. The Morgan fingerprint density at radius 3 is 1.64 bits per heavy atom. The van der Waals surface area contributed by atoms with E-state index in [1.807, 2.05) is 49.5 Å². The van der Waals surface area contributed by atoms with E-state index in [1.54, 1.807) is 0 Å². The Balaban J connectivity index is 1.90. The van der Waals surface area contributed by atoms with Crippen LogP contribution in [-0.2, 0) is 13.6 Å². The number of benzene rings is 2. The van der Waals surface area contributed by atoms with E-state index in [2.05, 4.69) is 65.8 Å². The largest absolute Gasteiger partial charge is 0.406 e. The van der Waals surface area contributed by atoms with Crippen LogP contribution in [0.15, 0.2) is 60.7 Å². The molecule has 0 spiro atoms. The molecule has 6 nitrogen and oxygen atoms in total. The zero-order chi connectivity index (χ0) is 26.9. The first-order valence-electron chi connectivity index (χ1n) is 12.7. The van der Waals surface area contributed by atoms with Crippen molar-refractivity contribution in [1.29, 1.82) is 0 Å². The van der Waals surface area contributed by atoms with Crippen LogP contribution in [0.4, 0.5) is 0 Å². The molecule has 0 radical (unpaired) electrons. The number of hydrogen-bond donors (Lipinski definition) is 3. The van der Waals surface area contributed by atoms with E-state index in [4.69, 9.17) is 13.6 Å². The zero-order valence-electron chi connectivity index (χ0n) is 22.9. The molecule has 36 heavy (non-hydrogen) atoms. The molecule has 3 rings (SSSR count). The Morgan fingerprint density at radius 1 is 0.750 bits per heavy atom. The minimum absolute atomic E-state index is 0.0232. The van der Waals surface area contributed by atoms with Crippen molar-refractivity contribution in [2.24, 2.45) is 0 Å². The molecule has 8 heteroatoms. The van der Waals surface area contributed by atoms with Crippen LogP contribution >= 0.6 is 0 Å². The highest BCUT2D eigenvalue weighted by molar-refractivity contribution is 6.99. The van der Waals surface area contributed by atoms with Gasteiger partial charge in [-0.25, -0.2) is 0 Å². The van der Waals surface area contributed by atoms with Crippen LogP contribution in [0.5, 0.6) is 0 Å². The van der Waals surface area contributed by atoms with Crippen molar-refractivity contribution >= 4 is 27.0 Å². The molecule has 1 heterocycles. The molecule has 1 fully saturated rings. The molecule has 0 unspecified atom stereocenters. The molecule has 1 aliphatic heterocycles. The van der Waals surface area contributed by atoms with Crippen LogP contribution < -0.4 is 10.4 Å². The Morgan fingerprint density at radius 2 is 1.22 bits per heavy atom. The monoisotopic (exact) mass is 532 g/mol. The molecule has 2 aromatic rings. The molecule has 2 aromatic carbocycles. The summed E-state index contributed by atoms with van der Waals surface area (Å²) in [6.07, 6.45) is -5.86. The van der Waals surface area contributed by atoms with Gasteiger partial charge in [-0.05, 0) is 33.5 Å². The van der Waals surface area contributed by atoms with Gasteiger partial charge in [-0.1, -0.05) is 102 Å². The van der Waals surface area contributed by atoms with E-state index in [-0.39, 0.29) is 16.7 Å². The minimum atomic E-state index is -2.87. The predicted octanol–water partition coefficient (Wildman–Crippen LogP) is 3.39. The van der Waals surface area contributed by atoms with Crippen LogP contribution in [0.1, 0.15) is 41.5 Å². The fourth-order valence-corrected chi connectivity index (χ4v) is 10.5. The Labute approximate surface area is 218 Å². The van der Waals surface area contributed by atoms with E-state index in [0.29, 0.717) is 0 Å². The van der Waals surface area contributed by atoms with Crippen LogP contribution in [0, 0.1) is 0 Å². The van der Waals surface area contributed by atoms with Gasteiger partial charge < -0.3 is 28.9 Å². The van der Waals surface area contributed by atoms with Gasteiger partial charge >= 0.3 is 0 Å². The SMILES string of the molecule is CC(C)(C)[Si](C)(C)O[C@@H]1[C@@H](O)[C@@H](O)[C@@H](CO[Si](c2ccccc2)(c2ccccc2)C(C)(C)C)O[C@H]1O. The number of rotatable bonds is 7. The lowest BCUT2D eigenvalue weighted by Gasteiger charge is -2.48. The summed E-state index contributed by atoms with van der Waals surface area (Å²) < 4.78 is 19.0. The highest BCUT2D eigenvalue weighted by Crippen LogP contribution is 2.40. The Kier molecular flexibility index (Phi) is 8.74. The first-order valence-corrected chi connectivity index (χ1v) is 17.6. The normalized spacial score (nSPS) is 26.1. The molecule has 0 bridgehead atoms. The van der Waals surface area contributed by atoms with Crippen LogP contribution in [0.3, 0.4) is 0 Å². The van der Waals surface area contributed by atoms with Crippen LogP contribution in [0.25, 0.3) is 0 Å². The van der Waals surface area contributed by atoms with Gasteiger partial charge in [0.05, 0.1) is 6.61 Å². The lowest BCUT2D eigenvalue weighted by molar-refractivity contribution is -0.281. The van der Waals surface area contributed by atoms with Gasteiger partial charge in [0, 0.05) is 0 Å². The van der Waals surface area contributed by atoms with E-state index in [1.165, 1.54) is 0 Å². The summed E-state index contributed by atoms with van der Waals surface area (Å²) in [5, 5.41) is 34.7. The Bertz CT molecular complexity index is 932. The molecular weight excluding hydrogens is 488 g/mol. The smallest absolute Gasteiger partial charge is 0.261 e. The van der Waals surface area contributed by atoms with Crippen molar-refractivity contribution in [2.45, 2.75) is 95.4 Å². The summed E-state index contributed by atoms with van der Waals surface area (Å²) in [6, 6.07) is 20.4. The van der Waals surface area contributed by atoms with Crippen molar-refractivity contribution in [3.8, 4) is 0 Å². The van der Waals surface area contributed by atoms with Gasteiger partial charge in [0.25, 0.3) is 8.32 Å². The maximum atomic E-state index is 11.1. The van der Waals surface area contributed by atoms with E-state index in [0.717, 1.165) is 10.4 Å². The number of hydrogen-bond acceptors (Lipinski definition) is 6. The fraction of sp³-hybridized carbons (Fsp3) is 0.571. The van der Waals surface area contributed by atoms with Crippen molar-refractivity contribution < 1.29 is 28.9 Å². The summed E-state index contributed by atoms with van der Waals surface area (Å²) in [5.41, 5.74) is 0. The topological polar surface area (TPSA) is 88.4 Å². The first-order chi connectivity index (χ1) is 16.6. The molecule has 0 aliphatic carbocycles. The average molecular weight is 533 g/mol. The lowest BCUT2D eigenvalue weighted by Crippen LogP contribution is -2.68. The summed E-state index contributed by atoms with van der Waals surface area (Å²) in [6.45, 7) is 16.9. The van der Waals surface area contributed by atoms with Gasteiger partial charge in [-0.15, -0.1) is 0 Å². The summed E-state index contributed by atoms with van der Waals surface area (Å²) in [5.74, 6) is 0. The first kappa shape index (κ1) is 29.2. The van der Waals surface area contributed by atoms with Crippen molar-refractivity contribution in [3.05, 3.63) is 60.7 Å². The average Bonchev–Trinajstić information content (AvgIpc) is 2.80. The molecular formula is C28H44O6Si2. The minimum Gasteiger partial charge on any atom is -0.406 e. The quantitative estimate of drug-likeness (QED) is 0.474. The third-order valence-corrected chi connectivity index (χ3v) is 17.3. The van der Waals surface area contributed by atoms with E-state index in [9.17, 15) is 15.3 Å². The van der Waals surface area contributed by atoms with Gasteiger partial charge in [0.2, 0.25) is 0 Å². The van der Waals surface area contributed by atoms with E-state index < -0.39 is 47.3 Å².